The van der Waals surface area contributed by atoms with Crippen molar-refractivity contribution in [2.45, 2.75) is 11.8 Å². The number of halogens is 1. The monoisotopic (exact) mass is 332 g/mol. The molecule has 1 heterocycles. The molecule has 2 rings (SSSR count). The van der Waals surface area contributed by atoms with Crippen molar-refractivity contribution in [2.24, 2.45) is 0 Å². The largest absolute Gasteiger partial charge is 0.379 e. The number of benzene rings is 1. The highest BCUT2D eigenvalue weighted by molar-refractivity contribution is 7.89. The minimum absolute atomic E-state index is 0.0649. The summed E-state index contributed by atoms with van der Waals surface area (Å²) in [7, 11) is -3.64. The molecular formula is C13H17ClN2O4S. The molecule has 1 fully saturated rings. The molecule has 0 radical (unpaired) electrons. The van der Waals surface area contributed by atoms with Crippen LogP contribution in [0.1, 0.15) is 17.3 Å². The van der Waals surface area contributed by atoms with Gasteiger partial charge in [-0.15, -0.1) is 0 Å². The van der Waals surface area contributed by atoms with E-state index in [1.54, 1.807) is 6.92 Å². The standard InChI is InChI=1S/C13H17ClN2O4S/c1-2-15-13(17)11-9-10(3-4-12(11)14)21(18,19)16-5-7-20-8-6-16/h3-4,9H,2,5-8H2,1H3,(H,15,17). The predicted octanol–water partition coefficient (Wildman–Crippen LogP) is 1.11. The molecule has 1 aromatic rings. The van der Waals surface area contributed by atoms with Crippen molar-refractivity contribution in [3.05, 3.63) is 28.8 Å². The maximum atomic E-state index is 12.5. The molecule has 21 heavy (non-hydrogen) atoms. The van der Waals surface area contributed by atoms with Gasteiger partial charge in [0.25, 0.3) is 5.91 Å². The first-order chi connectivity index (χ1) is 9.96. The van der Waals surface area contributed by atoms with Crippen LogP contribution >= 0.6 is 11.6 Å². The van der Waals surface area contributed by atoms with Gasteiger partial charge in [0.15, 0.2) is 0 Å². The van der Waals surface area contributed by atoms with Crippen molar-refractivity contribution >= 4 is 27.5 Å². The first-order valence-electron chi connectivity index (χ1n) is 6.62. The minimum atomic E-state index is -3.64. The van der Waals surface area contributed by atoms with Crippen molar-refractivity contribution in [1.29, 1.82) is 0 Å². The maximum absolute atomic E-state index is 12.5. The van der Waals surface area contributed by atoms with Gasteiger partial charge < -0.3 is 10.1 Å². The van der Waals surface area contributed by atoms with Gasteiger partial charge in [-0.1, -0.05) is 11.6 Å². The van der Waals surface area contributed by atoms with Crippen LogP contribution in [0.15, 0.2) is 23.1 Å². The lowest BCUT2D eigenvalue weighted by Gasteiger charge is -2.26. The molecule has 0 unspecified atom stereocenters. The molecule has 0 spiro atoms. The fraction of sp³-hybridized carbons (Fsp3) is 0.462. The highest BCUT2D eigenvalue weighted by Crippen LogP contribution is 2.23. The number of nitrogens with one attached hydrogen (secondary N) is 1. The molecule has 0 saturated carbocycles. The summed E-state index contributed by atoms with van der Waals surface area (Å²) in [6, 6.07) is 4.16. The minimum Gasteiger partial charge on any atom is -0.379 e. The number of amides is 1. The summed E-state index contributed by atoms with van der Waals surface area (Å²) in [6.07, 6.45) is 0. The van der Waals surface area contributed by atoms with Crippen molar-refractivity contribution < 1.29 is 17.9 Å². The zero-order valence-electron chi connectivity index (χ0n) is 11.6. The topological polar surface area (TPSA) is 75.7 Å². The first kappa shape index (κ1) is 16.2. The first-order valence-corrected chi connectivity index (χ1v) is 8.44. The van der Waals surface area contributed by atoms with E-state index in [9.17, 15) is 13.2 Å². The van der Waals surface area contributed by atoms with Crippen LogP contribution in [0.25, 0.3) is 0 Å². The molecule has 1 aliphatic heterocycles. The van der Waals surface area contributed by atoms with E-state index in [0.29, 0.717) is 32.8 Å². The molecule has 1 N–H and O–H groups in total. The van der Waals surface area contributed by atoms with Gasteiger partial charge in [0.2, 0.25) is 10.0 Å². The number of carbonyl (C=O) groups excluding carboxylic acids is 1. The zero-order chi connectivity index (χ0) is 15.5. The van der Waals surface area contributed by atoms with Crippen LogP contribution in [0, 0.1) is 0 Å². The number of ether oxygens (including phenoxy) is 1. The molecule has 1 amide bonds. The Kier molecular flexibility index (Phi) is 5.21. The summed E-state index contributed by atoms with van der Waals surface area (Å²) in [4.78, 5) is 12.0. The molecule has 1 saturated heterocycles. The Morgan fingerprint density at radius 3 is 2.67 bits per heavy atom. The molecule has 1 aromatic carbocycles. The number of hydrogen-bond acceptors (Lipinski definition) is 4. The van der Waals surface area contributed by atoms with Gasteiger partial charge in [-0.3, -0.25) is 4.79 Å². The molecule has 8 heteroatoms. The number of sulfonamides is 1. The average molecular weight is 333 g/mol. The molecule has 0 atom stereocenters. The lowest BCUT2D eigenvalue weighted by Crippen LogP contribution is -2.40. The quantitative estimate of drug-likeness (QED) is 0.896. The van der Waals surface area contributed by atoms with E-state index in [1.807, 2.05) is 0 Å². The second-order valence-corrected chi connectivity index (χ2v) is 6.86. The summed E-state index contributed by atoms with van der Waals surface area (Å²) < 4.78 is 31.6. The van der Waals surface area contributed by atoms with E-state index in [1.165, 1.54) is 22.5 Å². The third-order valence-corrected chi connectivity index (χ3v) is 5.35. The van der Waals surface area contributed by atoms with Crippen LogP contribution in [-0.4, -0.2) is 51.5 Å². The van der Waals surface area contributed by atoms with E-state index in [2.05, 4.69) is 5.32 Å². The van der Waals surface area contributed by atoms with Crippen LogP contribution in [0.3, 0.4) is 0 Å². The van der Waals surface area contributed by atoms with Gasteiger partial charge in [0.1, 0.15) is 0 Å². The van der Waals surface area contributed by atoms with Gasteiger partial charge in [-0.2, -0.15) is 4.31 Å². The molecule has 116 valence electrons. The van der Waals surface area contributed by atoms with Gasteiger partial charge in [0.05, 0.1) is 28.7 Å². The number of nitrogens with zero attached hydrogens (tertiary/aromatic N) is 1. The van der Waals surface area contributed by atoms with Crippen LogP contribution in [0.2, 0.25) is 5.02 Å². The Balaban J connectivity index is 2.35. The molecule has 6 nitrogen and oxygen atoms in total. The molecule has 0 aliphatic carbocycles. The Morgan fingerprint density at radius 1 is 1.38 bits per heavy atom. The van der Waals surface area contributed by atoms with E-state index < -0.39 is 10.0 Å². The summed E-state index contributed by atoms with van der Waals surface area (Å²) in [5.41, 5.74) is 0.160. The van der Waals surface area contributed by atoms with Crippen molar-refractivity contribution in [1.82, 2.24) is 9.62 Å². The number of carbonyl (C=O) groups is 1. The smallest absolute Gasteiger partial charge is 0.252 e. The van der Waals surface area contributed by atoms with Gasteiger partial charge in [-0.05, 0) is 25.1 Å². The Labute approximate surface area is 129 Å². The highest BCUT2D eigenvalue weighted by atomic mass is 35.5. The number of rotatable bonds is 4. The fourth-order valence-electron chi connectivity index (χ4n) is 2.03. The Bertz CT molecular complexity index is 627. The average Bonchev–Trinajstić information content (AvgIpc) is 2.48. The molecule has 0 bridgehead atoms. The molecular weight excluding hydrogens is 316 g/mol. The fourth-order valence-corrected chi connectivity index (χ4v) is 3.67. The summed E-state index contributed by atoms with van der Waals surface area (Å²) in [5.74, 6) is -0.387. The van der Waals surface area contributed by atoms with Crippen molar-refractivity contribution in [3.8, 4) is 0 Å². The maximum Gasteiger partial charge on any atom is 0.252 e. The Hall–Kier alpha value is -1.15. The second kappa shape index (κ2) is 6.74. The van der Waals surface area contributed by atoms with Crippen molar-refractivity contribution in [2.75, 3.05) is 32.8 Å². The van der Waals surface area contributed by atoms with Crippen molar-refractivity contribution in [3.63, 3.8) is 0 Å². The normalized spacial score (nSPS) is 16.7. The van der Waals surface area contributed by atoms with E-state index >= 15 is 0 Å². The van der Waals surface area contributed by atoms with E-state index in [0.717, 1.165) is 0 Å². The zero-order valence-corrected chi connectivity index (χ0v) is 13.2. The lowest BCUT2D eigenvalue weighted by molar-refractivity contribution is 0.0730. The van der Waals surface area contributed by atoms with Gasteiger partial charge in [0, 0.05) is 19.6 Å². The highest BCUT2D eigenvalue weighted by Gasteiger charge is 2.27. The number of hydrogen-bond donors (Lipinski definition) is 1. The van der Waals surface area contributed by atoms with Gasteiger partial charge in [-0.25, -0.2) is 8.42 Å². The Morgan fingerprint density at radius 2 is 2.05 bits per heavy atom. The third-order valence-electron chi connectivity index (χ3n) is 3.13. The third kappa shape index (κ3) is 3.55. The SMILES string of the molecule is CCNC(=O)c1cc(S(=O)(=O)N2CCOCC2)ccc1Cl. The van der Waals surface area contributed by atoms with Crippen LogP contribution < -0.4 is 5.32 Å². The van der Waals surface area contributed by atoms with Gasteiger partial charge >= 0.3 is 0 Å². The lowest BCUT2D eigenvalue weighted by atomic mass is 10.2. The van der Waals surface area contributed by atoms with E-state index in [4.69, 9.17) is 16.3 Å². The van der Waals surface area contributed by atoms with Crippen LogP contribution in [0.5, 0.6) is 0 Å². The van der Waals surface area contributed by atoms with Crippen LogP contribution in [0.4, 0.5) is 0 Å². The molecule has 0 aromatic heterocycles. The summed E-state index contributed by atoms with van der Waals surface area (Å²) in [5, 5.41) is 2.83. The summed E-state index contributed by atoms with van der Waals surface area (Å²) in [6.45, 7) is 3.57. The predicted molar refractivity (Wildman–Crippen MR) is 79.0 cm³/mol. The summed E-state index contributed by atoms with van der Waals surface area (Å²) >= 11 is 5.97. The second-order valence-electron chi connectivity index (χ2n) is 4.52. The molecule has 1 aliphatic rings. The number of morpholine rings is 1. The van der Waals surface area contributed by atoms with Crippen LogP contribution in [-0.2, 0) is 14.8 Å². The van der Waals surface area contributed by atoms with E-state index in [-0.39, 0.29) is 21.4 Å².